The van der Waals surface area contributed by atoms with Gasteiger partial charge in [0.05, 0.1) is 11.6 Å². The van der Waals surface area contributed by atoms with Crippen LogP contribution in [0.1, 0.15) is 62.0 Å². The van der Waals surface area contributed by atoms with Crippen molar-refractivity contribution in [2.75, 3.05) is 6.61 Å². The number of rotatable bonds is 8. The standard InChI is InChI=1S/C33H36N2O4S/c1-21-12-13-25(38-20-22(2)34-31(37)39-32(3,4)5)19-27(21)30(36)35-33(14-15-33)28-18-24(29-11-8-16-40-29)17-23-9-6-7-10-26(23)28/h6-13,16-19,22H,14-15,20H2,1-5H3,(H,34,37)(H,35,36). The molecule has 208 valence electrons. The SMILES string of the molecule is Cc1ccc(OCC(C)NC(=O)OC(C)(C)C)cc1C(=O)NC1(c2cc(-c3cccs3)cc3ccccc23)CC1. The van der Waals surface area contributed by atoms with Gasteiger partial charge in [0, 0.05) is 10.4 Å². The monoisotopic (exact) mass is 556 g/mol. The van der Waals surface area contributed by atoms with Crippen molar-refractivity contribution in [1.29, 1.82) is 0 Å². The summed E-state index contributed by atoms with van der Waals surface area (Å²) in [6.45, 7) is 9.48. The van der Waals surface area contributed by atoms with Crippen molar-refractivity contribution in [2.24, 2.45) is 0 Å². The molecule has 1 unspecified atom stereocenters. The zero-order valence-electron chi connectivity index (χ0n) is 23.7. The lowest BCUT2D eigenvalue weighted by molar-refractivity contribution is 0.0494. The Kier molecular flexibility index (Phi) is 7.60. The van der Waals surface area contributed by atoms with Gasteiger partial charge in [0.2, 0.25) is 0 Å². The van der Waals surface area contributed by atoms with Crippen LogP contribution in [0.3, 0.4) is 0 Å². The summed E-state index contributed by atoms with van der Waals surface area (Å²) in [5.74, 6) is 0.453. The lowest BCUT2D eigenvalue weighted by Crippen LogP contribution is -2.40. The molecule has 1 heterocycles. The number of hydrogen-bond acceptors (Lipinski definition) is 5. The van der Waals surface area contributed by atoms with Gasteiger partial charge >= 0.3 is 6.09 Å². The molecule has 1 aromatic heterocycles. The highest BCUT2D eigenvalue weighted by molar-refractivity contribution is 7.13. The highest BCUT2D eigenvalue weighted by atomic mass is 32.1. The molecule has 4 aromatic rings. The average molecular weight is 557 g/mol. The lowest BCUT2D eigenvalue weighted by Gasteiger charge is -2.23. The van der Waals surface area contributed by atoms with Crippen molar-refractivity contribution in [3.8, 4) is 16.2 Å². The van der Waals surface area contributed by atoms with Crippen molar-refractivity contribution in [1.82, 2.24) is 10.6 Å². The van der Waals surface area contributed by atoms with Gasteiger partial charge in [0.1, 0.15) is 18.0 Å². The quantitative estimate of drug-likeness (QED) is 0.234. The molecule has 0 saturated heterocycles. The smallest absolute Gasteiger partial charge is 0.407 e. The molecule has 7 heteroatoms. The van der Waals surface area contributed by atoms with E-state index in [0.29, 0.717) is 11.3 Å². The Hall–Kier alpha value is -3.84. The largest absolute Gasteiger partial charge is 0.491 e. The fourth-order valence-electron chi connectivity index (χ4n) is 4.87. The maximum Gasteiger partial charge on any atom is 0.407 e. The summed E-state index contributed by atoms with van der Waals surface area (Å²) in [5.41, 5.74) is 2.81. The van der Waals surface area contributed by atoms with Crippen molar-refractivity contribution in [3.63, 3.8) is 0 Å². The molecule has 1 aliphatic carbocycles. The zero-order chi connectivity index (χ0) is 28.5. The summed E-state index contributed by atoms with van der Waals surface area (Å²) < 4.78 is 11.3. The van der Waals surface area contributed by atoms with Gasteiger partial charge < -0.3 is 20.1 Å². The van der Waals surface area contributed by atoms with Gasteiger partial charge in [-0.2, -0.15) is 0 Å². The topological polar surface area (TPSA) is 76.7 Å². The number of carbonyl (C=O) groups excluding carboxylic acids is 2. The molecule has 0 bridgehead atoms. The van der Waals surface area contributed by atoms with E-state index in [0.717, 1.165) is 24.0 Å². The van der Waals surface area contributed by atoms with Crippen LogP contribution in [0.25, 0.3) is 21.2 Å². The minimum atomic E-state index is -0.569. The Morgan fingerprint density at radius 3 is 2.50 bits per heavy atom. The van der Waals surface area contributed by atoms with Gasteiger partial charge in [-0.25, -0.2) is 4.79 Å². The molecule has 40 heavy (non-hydrogen) atoms. The molecule has 0 aliphatic heterocycles. The van der Waals surface area contributed by atoms with Gasteiger partial charge in [-0.1, -0.05) is 36.4 Å². The fraction of sp³-hybridized carbons (Fsp3) is 0.333. The predicted molar refractivity (Wildman–Crippen MR) is 161 cm³/mol. The first-order valence-corrected chi connectivity index (χ1v) is 14.5. The van der Waals surface area contributed by atoms with E-state index in [2.05, 4.69) is 64.5 Å². The average Bonchev–Trinajstić information content (AvgIpc) is 3.45. The zero-order valence-corrected chi connectivity index (χ0v) is 24.5. The van der Waals surface area contributed by atoms with E-state index in [1.807, 2.05) is 46.8 Å². The summed E-state index contributed by atoms with van der Waals surface area (Å²) >= 11 is 1.72. The molecule has 1 aliphatic rings. The molecular weight excluding hydrogens is 520 g/mol. The molecule has 2 N–H and O–H groups in total. The number of nitrogens with one attached hydrogen (secondary N) is 2. The molecule has 1 saturated carbocycles. The molecule has 1 atom stereocenters. The maximum atomic E-state index is 13.7. The van der Waals surface area contributed by atoms with E-state index >= 15 is 0 Å². The predicted octanol–water partition coefficient (Wildman–Crippen LogP) is 7.59. The van der Waals surface area contributed by atoms with Crippen LogP contribution in [0.4, 0.5) is 4.79 Å². The number of alkyl carbamates (subject to hydrolysis) is 1. The number of hydrogen-bond donors (Lipinski definition) is 2. The Balaban J connectivity index is 1.33. The van der Waals surface area contributed by atoms with E-state index in [4.69, 9.17) is 9.47 Å². The second-order valence-electron chi connectivity index (χ2n) is 11.6. The molecule has 3 aromatic carbocycles. The summed E-state index contributed by atoms with van der Waals surface area (Å²) in [5, 5.41) is 10.6. The van der Waals surface area contributed by atoms with E-state index in [-0.39, 0.29) is 18.6 Å². The van der Waals surface area contributed by atoms with Gasteiger partial charge in [0.15, 0.2) is 0 Å². The number of amides is 2. The number of fused-ring (bicyclic) bond motifs is 1. The third-order valence-corrected chi connectivity index (χ3v) is 7.92. The van der Waals surface area contributed by atoms with Gasteiger partial charge in [-0.05, 0) is 111 Å². The van der Waals surface area contributed by atoms with Crippen LogP contribution >= 0.6 is 11.3 Å². The van der Waals surface area contributed by atoms with Crippen LogP contribution in [0.15, 0.2) is 72.1 Å². The van der Waals surface area contributed by atoms with E-state index in [9.17, 15) is 9.59 Å². The molecule has 1 fully saturated rings. The first-order chi connectivity index (χ1) is 19.0. The molecule has 0 spiro atoms. The second kappa shape index (κ2) is 11.0. The molecule has 0 radical (unpaired) electrons. The third-order valence-electron chi connectivity index (χ3n) is 7.00. The molecule has 5 rings (SSSR count). The van der Waals surface area contributed by atoms with Crippen LogP contribution in [0.5, 0.6) is 5.75 Å². The Labute approximate surface area is 239 Å². The van der Waals surface area contributed by atoms with Crippen LogP contribution in [0, 0.1) is 6.92 Å². The summed E-state index contributed by atoms with van der Waals surface area (Å²) in [4.78, 5) is 26.9. The minimum absolute atomic E-state index is 0.119. The summed E-state index contributed by atoms with van der Waals surface area (Å²) in [6.07, 6.45) is 1.29. The van der Waals surface area contributed by atoms with Gasteiger partial charge in [-0.3, -0.25) is 4.79 Å². The number of ether oxygens (including phenoxy) is 2. The Bertz CT molecular complexity index is 1530. The normalized spacial score (nSPS) is 14.8. The Morgan fingerprint density at radius 2 is 1.80 bits per heavy atom. The maximum absolute atomic E-state index is 13.7. The highest BCUT2D eigenvalue weighted by Gasteiger charge is 2.47. The van der Waals surface area contributed by atoms with E-state index in [1.54, 1.807) is 17.4 Å². The van der Waals surface area contributed by atoms with Crippen LogP contribution in [-0.4, -0.2) is 30.3 Å². The third kappa shape index (κ3) is 6.31. The van der Waals surface area contributed by atoms with Crippen LogP contribution < -0.4 is 15.4 Å². The van der Waals surface area contributed by atoms with Crippen molar-refractivity contribution in [2.45, 2.75) is 64.6 Å². The van der Waals surface area contributed by atoms with Gasteiger partial charge in [-0.15, -0.1) is 11.3 Å². The lowest BCUT2D eigenvalue weighted by atomic mass is 9.93. The number of aryl methyl sites for hydroxylation is 1. The minimum Gasteiger partial charge on any atom is -0.491 e. The fourth-order valence-corrected chi connectivity index (χ4v) is 5.58. The van der Waals surface area contributed by atoms with E-state index < -0.39 is 17.2 Å². The van der Waals surface area contributed by atoms with Crippen LogP contribution in [0.2, 0.25) is 0 Å². The van der Waals surface area contributed by atoms with Crippen LogP contribution in [-0.2, 0) is 10.3 Å². The first-order valence-electron chi connectivity index (χ1n) is 13.7. The molecule has 6 nitrogen and oxygen atoms in total. The number of thiophene rings is 1. The highest BCUT2D eigenvalue weighted by Crippen LogP contribution is 2.49. The van der Waals surface area contributed by atoms with Crippen molar-refractivity contribution in [3.05, 3.63) is 88.8 Å². The summed E-state index contributed by atoms with van der Waals surface area (Å²) in [7, 11) is 0. The summed E-state index contributed by atoms with van der Waals surface area (Å²) in [6, 6.07) is 22.3. The van der Waals surface area contributed by atoms with Crippen molar-refractivity contribution < 1.29 is 19.1 Å². The second-order valence-corrected chi connectivity index (χ2v) is 12.5. The van der Waals surface area contributed by atoms with Gasteiger partial charge in [0.25, 0.3) is 5.91 Å². The number of carbonyl (C=O) groups is 2. The van der Waals surface area contributed by atoms with E-state index in [1.165, 1.54) is 21.2 Å². The number of benzene rings is 3. The Morgan fingerprint density at radius 1 is 1.02 bits per heavy atom. The molecule has 2 amide bonds. The molecular formula is C33H36N2O4S. The first kappa shape index (κ1) is 27.7. The van der Waals surface area contributed by atoms with Crippen molar-refractivity contribution >= 4 is 34.1 Å².